The van der Waals surface area contributed by atoms with Crippen molar-refractivity contribution < 1.29 is 0 Å². The maximum Gasteiger partial charge on any atom is 0.0547 e. The molecule has 8 rings (SSSR count). The molecule has 2 nitrogen and oxygen atoms in total. The fraction of sp³-hybridized carbons (Fsp3) is 0.0909. The summed E-state index contributed by atoms with van der Waals surface area (Å²) in [5.74, 6) is 0. The summed E-state index contributed by atoms with van der Waals surface area (Å²) in [6, 6.07) is 37.8. The molecule has 0 atom stereocenters. The highest BCUT2D eigenvalue weighted by atomic mass is 15.0. The Balaban J connectivity index is 1.50. The number of nitrogens with one attached hydrogen (secondary N) is 1. The molecule has 5 aromatic carbocycles. The van der Waals surface area contributed by atoms with Gasteiger partial charge >= 0.3 is 0 Å². The first kappa shape index (κ1) is 19.1. The van der Waals surface area contributed by atoms with Crippen LogP contribution in [-0.4, -0.2) is 9.55 Å². The third-order valence-corrected chi connectivity index (χ3v) is 8.11. The molecule has 0 fully saturated rings. The van der Waals surface area contributed by atoms with E-state index >= 15 is 0 Å². The number of fused-ring (bicyclic) bond motifs is 9. The van der Waals surface area contributed by atoms with Crippen LogP contribution in [0.3, 0.4) is 0 Å². The van der Waals surface area contributed by atoms with Crippen molar-refractivity contribution >= 4 is 43.6 Å². The summed E-state index contributed by atoms with van der Waals surface area (Å²) in [5.41, 5.74) is 11.6. The molecule has 2 aromatic heterocycles. The van der Waals surface area contributed by atoms with Gasteiger partial charge in [0.2, 0.25) is 0 Å². The fourth-order valence-electron chi connectivity index (χ4n) is 6.39. The van der Waals surface area contributed by atoms with Gasteiger partial charge < -0.3 is 9.55 Å². The molecular weight excluding hydrogens is 424 g/mol. The Kier molecular flexibility index (Phi) is 3.50. The highest BCUT2D eigenvalue weighted by molar-refractivity contribution is 6.13. The predicted molar refractivity (Wildman–Crippen MR) is 148 cm³/mol. The Morgan fingerprint density at radius 1 is 0.543 bits per heavy atom. The topological polar surface area (TPSA) is 20.7 Å². The lowest BCUT2D eigenvalue weighted by Crippen LogP contribution is -2.14. The van der Waals surface area contributed by atoms with E-state index in [0.717, 1.165) is 0 Å². The second-order valence-electron chi connectivity index (χ2n) is 10.3. The van der Waals surface area contributed by atoms with Gasteiger partial charge in [0.15, 0.2) is 0 Å². The van der Waals surface area contributed by atoms with Crippen LogP contribution in [0.25, 0.3) is 60.4 Å². The molecular formula is C33H24N2. The Bertz CT molecular complexity index is 1970. The van der Waals surface area contributed by atoms with E-state index in [9.17, 15) is 0 Å². The number of aromatic nitrogens is 2. The van der Waals surface area contributed by atoms with Crippen molar-refractivity contribution in [1.82, 2.24) is 9.55 Å². The lowest BCUT2D eigenvalue weighted by molar-refractivity contribution is 0.662. The van der Waals surface area contributed by atoms with Crippen LogP contribution in [0.5, 0.6) is 0 Å². The molecule has 0 saturated heterocycles. The van der Waals surface area contributed by atoms with Gasteiger partial charge in [-0.2, -0.15) is 0 Å². The third kappa shape index (κ3) is 2.39. The average molecular weight is 449 g/mol. The maximum atomic E-state index is 3.66. The standard InChI is InChI=1S/C33H24N2/c1-33(2)27-16-25-21-12-6-8-14-29(21)34-30(25)18-23(27)24-19-32-26(17-28(24)33)22-13-7-9-15-31(22)35(32)20-10-4-3-5-11-20/h3-19,34H,1-2H3. The van der Waals surface area contributed by atoms with Crippen molar-refractivity contribution in [2.45, 2.75) is 19.3 Å². The molecule has 0 aliphatic heterocycles. The molecule has 0 bridgehead atoms. The molecule has 35 heavy (non-hydrogen) atoms. The van der Waals surface area contributed by atoms with Crippen molar-refractivity contribution in [1.29, 1.82) is 0 Å². The minimum absolute atomic E-state index is 0.0681. The Morgan fingerprint density at radius 2 is 1.20 bits per heavy atom. The molecule has 1 aliphatic rings. The summed E-state index contributed by atoms with van der Waals surface area (Å²) in [7, 11) is 0. The maximum absolute atomic E-state index is 3.66. The number of hydrogen-bond donors (Lipinski definition) is 1. The zero-order valence-electron chi connectivity index (χ0n) is 19.8. The molecule has 1 aliphatic carbocycles. The van der Waals surface area contributed by atoms with Crippen LogP contribution in [0.1, 0.15) is 25.0 Å². The quantitative estimate of drug-likeness (QED) is 0.259. The van der Waals surface area contributed by atoms with E-state index in [1.807, 2.05) is 0 Å². The highest BCUT2D eigenvalue weighted by Crippen LogP contribution is 2.52. The predicted octanol–water partition coefficient (Wildman–Crippen LogP) is 8.72. The molecule has 0 unspecified atom stereocenters. The average Bonchev–Trinajstić information content (AvgIpc) is 3.48. The first-order valence-corrected chi connectivity index (χ1v) is 12.3. The molecule has 0 spiro atoms. The monoisotopic (exact) mass is 448 g/mol. The van der Waals surface area contributed by atoms with Crippen LogP contribution in [0, 0.1) is 0 Å². The molecule has 0 amide bonds. The van der Waals surface area contributed by atoms with Crippen molar-refractivity contribution in [3.63, 3.8) is 0 Å². The van der Waals surface area contributed by atoms with E-state index in [4.69, 9.17) is 0 Å². The van der Waals surface area contributed by atoms with E-state index in [-0.39, 0.29) is 5.41 Å². The second-order valence-corrected chi connectivity index (χ2v) is 10.3. The van der Waals surface area contributed by atoms with E-state index in [1.165, 1.54) is 71.6 Å². The van der Waals surface area contributed by atoms with Crippen LogP contribution in [0.2, 0.25) is 0 Å². The number of rotatable bonds is 1. The largest absolute Gasteiger partial charge is 0.354 e. The summed E-state index contributed by atoms with van der Waals surface area (Å²) >= 11 is 0. The molecule has 1 N–H and O–H groups in total. The lowest BCUT2D eigenvalue weighted by atomic mass is 9.81. The van der Waals surface area contributed by atoms with Crippen LogP contribution >= 0.6 is 0 Å². The van der Waals surface area contributed by atoms with Gasteiger partial charge in [0.05, 0.1) is 11.0 Å². The van der Waals surface area contributed by atoms with Gasteiger partial charge in [-0.1, -0.05) is 68.4 Å². The van der Waals surface area contributed by atoms with Crippen LogP contribution in [0.4, 0.5) is 0 Å². The number of nitrogens with zero attached hydrogens (tertiary/aromatic N) is 1. The Morgan fingerprint density at radius 3 is 2.03 bits per heavy atom. The zero-order valence-corrected chi connectivity index (χ0v) is 19.8. The summed E-state index contributed by atoms with van der Waals surface area (Å²) in [4.78, 5) is 3.66. The summed E-state index contributed by atoms with van der Waals surface area (Å²) in [6.07, 6.45) is 0. The first-order valence-electron chi connectivity index (χ1n) is 12.3. The van der Waals surface area contributed by atoms with Gasteiger partial charge in [-0.15, -0.1) is 0 Å². The molecule has 2 heterocycles. The SMILES string of the molecule is CC1(C)c2cc3c(cc2-c2cc4c(cc21)c1ccccc1n4-c1ccccc1)[nH]c1ccccc13. The van der Waals surface area contributed by atoms with Crippen LogP contribution in [-0.2, 0) is 5.41 Å². The molecule has 0 radical (unpaired) electrons. The highest BCUT2D eigenvalue weighted by Gasteiger charge is 2.37. The minimum Gasteiger partial charge on any atom is -0.354 e. The van der Waals surface area contributed by atoms with Crippen molar-refractivity contribution in [3.05, 3.63) is 114 Å². The molecule has 166 valence electrons. The normalized spacial score (nSPS) is 14.2. The summed E-state index contributed by atoms with van der Waals surface area (Å²) < 4.78 is 2.41. The second kappa shape index (κ2) is 6.43. The van der Waals surface area contributed by atoms with Crippen molar-refractivity contribution in [2.75, 3.05) is 0 Å². The van der Waals surface area contributed by atoms with Crippen LogP contribution in [0.15, 0.2) is 103 Å². The molecule has 2 heteroatoms. The van der Waals surface area contributed by atoms with E-state index < -0.39 is 0 Å². The number of benzene rings is 5. The number of H-pyrrole nitrogens is 1. The smallest absolute Gasteiger partial charge is 0.0547 e. The van der Waals surface area contributed by atoms with Crippen molar-refractivity contribution in [3.8, 4) is 16.8 Å². The van der Waals surface area contributed by atoms with E-state index in [1.54, 1.807) is 0 Å². The number of aromatic amines is 1. The Labute approximate surface area is 203 Å². The summed E-state index contributed by atoms with van der Waals surface area (Å²) in [6.45, 7) is 4.75. The van der Waals surface area contributed by atoms with Gasteiger partial charge in [-0.25, -0.2) is 0 Å². The van der Waals surface area contributed by atoms with Gasteiger partial charge in [0, 0.05) is 43.7 Å². The number of hydrogen-bond acceptors (Lipinski definition) is 0. The van der Waals surface area contributed by atoms with Gasteiger partial charge in [-0.05, 0) is 70.8 Å². The zero-order chi connectivity index (χ0) is 23.3. The summed E-state index contributed by atoms with van der Waals surface area (Å²) in [5, 5.41) is 5.23. The first-order chi connectivity index (χ1) is 17.1. The molecule has 7 aromatic rings. The van der Waals surface area contributed by atoms with Gasteiger partial charge in [-0.3, -0.25) is 0 Å². The molecule has 0 saturated carbocycles. The third-order valence-electron chi connectivity index (χ3n) is 8.11. The Hall–Kier alpha value is -4.30. The van der Waals surface area contributed by atoms with Crippen molar-refractivity contribution in [2.24, 2.45) is 0 Å². The van der Waals surface area contributed by atoms with E-state index in [2.05, 4.69) is 127 Å². The van der Waals surface area contributed by atoms with Gasteiger partial charge in [0.25, 0.3) is 0 Å². The lowest BCUT2D eigenvalue weighted by Gasteiger charge is -2.21. The number of para-hydroxylation sites is 3. The fourth-order valence-corrected chi connectivity index (χ4v) is 6.39. The van der Waals surface area contributed by atoms with E-state index in [0.29, 0.717) is 0 Å². The van der Waals surface area contributed by atoms with Gasteiger partial charge in [0.1, 0.15) is 0 Å². The minimum atomic E-state index is -0.0681. The van der Waals surface area contributed by atoms with Crippen LogP contribution < -0.4 is 0 Å².